The summed E-state index contributed by atoms with van der Waals surface area (Å²) in [5.74, 6) is -0.219. The molecule has 7 heteroatoms. The summed E-state index contributed by atoms with van der Waals surface area (Å²) in [7, 11) is 0. The second-order valence-electron chi connectivity index (χ2n) is 5.39. The van der Waals surface area contributed by atoms with Crippen molar-refractivity contribution in [1.29, 1.82) is 0 Å². The quantitative estimate of drug-likeness (QED) is 0.342. The first kappa shape index (κ1) is 17.3. The number of non-ortho nitro benzene ring substituents is 1. The molecule has 1 saturated heterocycles. The Morgan fingerprint density at radius 1 is 1.16 bits per heavy atom. The summed E-state index contributed by atoms with van der Waals surface area (Å²) in [4.78, 5) is 24.9. The van der Waals surface area contributed by atoms with Crippen LogP contribution >= 0.6 is 24.0 Å². The number of anilines is 1. The van der Waals surface area contributed by atoms with Crippen molar-refractivity contribution in [3.8, 4) is 0 Å². The Bertz CT molecular complexity index is 874. The maximum atomic E-state index is 12.7. The number of nitrogens with zero attached hydrogens (tertiary/aromatic N) is 2. The second-order valence-corrected chi connectivity index (χ2v) is 7.06. The van der Waals surface area contributed by atoms with E-state index >= 15 is 0 Å². The Morgan fingerprint density at radius 3 is 2.36 bits per heavy atom. The number of thiocarbonyl (C=S) groups is 1. The highest BCUT2D eigenvalue weighted by Crippen LogP contribution is 2.36. The van der Waals surface area contributed by atoms with Crippen LogP contribution in [0, 0.1) is 10.1 Å². The topological polar surface area (TPSA) is 63.4 Å². The van der Waals surface area contributed by atoms with E-state index in [4.69, 9.17) is 12.2 Å². The van der Waals surface area contributed by atoms with Crippen molar-refractivity contribution in [2.45, 2.75) is 13.3 Å². The van der Waals surface area contributed by atoms with Crippen LogP contribution in [-0.2, 0) is 11.2 Å². The van der Waals surface area contributed by atoms with Crippen LogP contribution < -0.4 is 4.90 Å². The van der Waals surface area contributed by atoms with Gasteiger partial charge in [-0.25, -0.2) is 0 Å². The number of nitro benzene ring substituents is 1. The zero-order valence-electron chi connectivity index (χ0n) is 13.3. The monoisotopic (exact) mass is 370 g/mol. The molecule has 0 atom stereocenters. The maximum Gasteiger partial charge on any atom is 0.270 e. The molecular formula is C18H14N2O3S2. The molecular weight excluding hydrogens is 356 g/mol. The van der Waals surface area contributed by atoms with Crippen LogP contribution in [0.5, 0.6) is 0 Å². The molecule has 0 radical (unpaired) electrons. The van der Waals surface area contributed by atoms with Gasteiger partial charge < -0.3 is 0 Å². The van der Waals surface area contributed by atoms with Gasteiger partial charge in [-0.2, -0.15) is 0 Å². The Hall–Kier alpha value is -2.51. The van der Waals surface area contributed by atoms with Crippen molar-refractivity contribution in [3.63, 3.8) is 0 Å². The number of carbonyl (C=O) groups is 1. The van der Waals surface area contributed by atoms with Crippen LogP contribution in [0.1, 0.15) is 18.1 Å². The third-order valence-electron chi connectivity index (χ3n) is 3.80. The summed E-state index contributed by atoms with van der Waals surface area (Å²) in [5.41, 5.74) is 2.66. The predicted octanol–water partition coefficient (Wildman–Crippen LogP) is 4.56. The van der Waals surface area contributed by atoms with E-state index in [1.165, 1.54) is 46.5 Å². The Labute approximate surface area is 154 Å². The molecule has 5 nitrogen and oxygen atoms in total. The van der Waals surface area contributed by atoms with Crippen molar-refractivity contribution in [2.24, 2.45) is 0 Å². The average molecular weight is 370 g/mol. The number of amides is 1. The number of hydrogen-bond acceptors (Lipinski definition) is 5. The van der Waals surface area contributed by atoms with E-state index in [1.807, 2.05) is 30.3 Å². The maximum absolute atomic E-state index is 12.7. The summed E-state index contributed by atoms with van der Waals surface area (Å²) < 4.78 is 0.412. The smallest absolute Gasteiger partial charge is 0.268 e. The van der Waals surface area contributed by atoms with Crippen LogP contribution in [0.25, 0.3) is 6.08 Å². The number of rotatable bonds is 4. The van der Waals surface area contributed by atoms with Gasteiger partial charge in [0.25, 0.3) is 11.6 Å². The van der Waals surface area contributed by atoms with E-state index in [-0.39, 0.29) is 11.6 Å². The average Bonchev–Trinajstić information content (AvgIpc) is 2.89. The van der Waals surface area contributed by atoms with E-state index < -0.39 is 4.92 Å². The zero-order valence-corrected chi connectivity index (χ0v) is 15.0. The predicted molar refractivity (Wildman–Crippen MR) is 105 cm³/mol. The first-order chi connectivity index (χ1) is 12.0. The molecule has 1 fully saturated rings. The second kappa shape index (κ2) is 7.16. The van der Waals surface area contributed by atoms with Gasteiger partial charge in [0.15, 0.2) is 4.32 Å². The van der Waals surface area contributed by atoms with E-state index in [2.05, 4.69) is 6.92 Å². The first-order valence-corrected chi connectivity index (χ1v) is 8.83. The largest absolute Gasteiger partial charge is 0.270 e. The molecule has 3 rings (SSSR count). The van der Waals surface area contributed by atoms with E-state index in [1.54, 1.807) is 0 Å². The fourth-order valence-electron chi connectivity index (χ4n) is 2.41. The fourth-order valence-corrected chi connectivity index (χ4v) is 3.71. The summed E-state index contributed by atoms with van der Waals surface area (Å²) in [6, 6.07) is 13.8. The van der Waals surface area contributed by atoms with Gasteiger partial charge in [0.2, 0.25) is 0 Å². The minimum atomic E-state index is -0.478. The molecule has 1 aliphatic heterocycles. The molecule has 1 amide bonds. The van der Waals surface area contributed by atoms with Gasteiger partial charge in [-0.05, 0) is 35.8 Å². The Balaban J connectivity index is 1.86. The number of benzene rings is 2. The lowest BCUT2D eigenvalue weighted by molar-refractivity contribution is -0.384. The van der Waals surface area contributed by atoms with Gasteiger partial charge in [-0.1, -0.05) is 55.2 Å². The highest BCUT2D eigenvalue weighted by atomic mass is 32.2. The number of aryl methyl sites for hydroxylation is 1. The molecule has 0 N–H and O–H groups in total. The van der Waals surface area contributed by atoms with Crippen molar-refractivity contribution >= 4 is 51.7 Å². The third kappa shape index (κ3) is 3.62. The standard InChI is InChI=1S/C18H14N2O3S2/c1-2-12-3-5-13(6-4-12)11-16-17(21)19(18(24)25-16)14-7-9-15(10-8-14)20(22)23/h3-11H,2H2,1H3/b16-11-. The summed E-state index contributed by atoms with van der Waals surface area (Å²) in [6.07, 6.45) is 2.77. The molecule has 1 heterocycles. The minimum Gasteiger partial charge on any atom is -0.268 e. The minimum absolute atomic E-state index is 0.0271. The molecule has 0 aromatic heterocycles. The van der Waals surface area contributed by atoms with Gasteiger partial charge in [-0.15, -0.1) is 0 Å². The van der Waals surface area contributed by atoms with E-state index in [9.17, 15) is 14.9 Å². The number of hydrogen-bond donors (Lipinski definition) is 0. The van der Waals surface area contributed by atoms with Gasteiger partial charge in [0.05, 0.1) is 15.5 Å². The number of nitro groups is 1. The van der Waals surface area contributed by atoms with E-state index in [0.717, 1.165) is 12.0 Å². The summed E-state index contributed by atoms with van der Waals surface area (Å²) >= 11 is 6.54. The normalized spacial score (nSPS) is 15.9. The molecule has 2 aromatic carbocycles. The zero-order chi connectivity index (χ0) is 18.0. The highest BCUT2D eigenvalue weighted by Gasteiger charge is 2.33. The Morgan fingerprint density at radius 2 is 1.80 bits per heavy atom. The SMILES string of the molecule is CCc1ccc(/C=C2\SC(=S)N(c3ccc([N+](=O)[O-])cc3)C2=O)cc1. The van der Waals surface area contributed by atoms with Gasteiger partial charge in [0.1, 0.15) is 0 Å². The van der Waals surface area contributed by atoms with Gasteiger partial charge >= 0.3 is 0 Å². The lowest BCUT2D eigenvalue weighted by Crippen LogP contribution is -2.27. The molecule has 126 valence electrons. The van der Waals surface area contributed by atoms with Crippen LogP contribution in [0.4, 0.5) is 11.4 Å². The van der Waals surface area contributed by atoms with Crippen LogP contribution in [0.15, 0.2) is 53.4 Å². The molecule has 0 aliphatic carbocycles. The number of carbonyl (C=O) groups excluding carboxylic acids is 1. The van der Waals surface area contributed by atoms with Crippen LogP contribution in [0.3, 0.4) is 0 Å². The molecule has 0 bridgehead atoms. The molecule has 0 saturated carbocycles. The lowest BCUT2D eigenvalue weighted by Gasteiger charge is -2.13. The van der Waals surface area contributed by atoms with Crippen molar-refractivity contribution < 1.29 is 9.72 Å². The van der Waals surface area contributed by atoms with E-state index in [0.29, 0.717) is 14.9 Å². The summed E-state index contributed by atoms with van der Waals surface area (Å²) in [6.45, 7) is 2.09. The van der Waals surface area contributed by atoms with Crippen LogP contribution in [-0.4, -0.2) is 15.2 Å². The van der Waals surface area contributed by atoms with Crippen LogP contribution in [0.2, 0.25) is 0 Å². The van der Waals surface area contributed by atoms with Crippen molar-refractivity contribution in [2.75, 3.05) is 4.90 Å². The molecule has 1 aliphatic rings. The number of thioether (sulfide) groups is 1. The van der Waals surface area contributed by atoms with Gasteiger partial charge in [-0.3, -0.25) is 19.8 Å². The van der Waals surface area contributed by atoms with Gasteiger partial charge in [0, 0.05) is 12.1 Å². The molecule has 0 spiro atoms. The van der Waals surface area contributed by atoms with Crippen molar-refractivity contribution in [3.05, 3.63) is 74.7 Å². The molecule has 2 aromatic rings. The third-order valence-corrected chi connectivity index (χ3v) is 5.10. The Kier molecular flexibility index (Phi) is 4.96. The molecule has 25 heavy (non-hydrogen) atoms. The summed E-state index contributed by atoms with van der Waals surface area (Å²) in [5, 5.41) is 10.7. The lowest BCUT2D eigenvalue weighted by atomic mass is 10.1. The first-order valence-electron chi connectivity index (χ1n) is 7.61. The fraction of sp³-hybridized carbons (Fsp3) is 0.111. The van der Waals surface area contributed by atoms with Crippen molar-refractivity contribution in [1.82, 2.24) is 0 Å². The highest BCUT2D eigenvalue weighted by molar-refractivity contribution is 8.27. The molecule has 0 unspecified atom stereocenters.